The molecule has 0 saturated heterocycles. The lowest BCUT2D eigenvalue weighted by atomic mass is 9.90. The van der Waals surface area contributed by atoms with Crippen molar-refractivity contribution in [3.05, 3.63) is 46.7 Å². The molecule has 1 heterocycles. The van der Waals surface area contributed by atoms with E-state index >= 15 is 0 Å². The Morgan fingerprint density at radius 2 is 2.22 bits per heavy atom. The maximum atomic E-state index is 11.0. The van der Waals surface area contributed by atoms with Crippen LogP contribution in [-0.4, -0.2) is 32.1 Å². The number of halogens is 1. The van der Waals surface area contributed by atoms with E-state index in [1.54, 1.807) is 4.68 Å². The monoisotopic (exact) mass is 334 g/mol. The summed E-state index contributed by atoms with van der Waals surface area (Å²) in [5.41, 5.74) is 1.12. The Morgan fingerprint density at radius 1 is 1.39 bits per heavy atom. The van der Waals surface area contributed by atoms with Crippen molar-refractivity contribution < 1.29 is 9.90 Å². The summed E-state index contributed by atoms with van der Waals surface area (Å²) in [5.74, 6) is -1.05. The molecule has 0 radical (unpaired) electrons. The molecule has 0 unspecified atom stereocenters. The van der Waals surface area contributed by atoms with Gasteiger partial charge in [-0.15, -0.1) is 5.10 Å². The summed E-state index contributed by atoms with van der Waals surface area (Å²) in [6.07, 6.45) is 5.79. The summed E-state index contributed by atoms with van der Waals surface area (Å²) in [6, 6.07) is 8.15. The first kappa shape index (κ1) is 16.0. The summed E-state index contributed by atoms with van der Waals surface area (Å²) < 4.78 is 1.69. The Morgan fingerprint density at radius 3 is 2.96 bits per heavy atom. The van der Waals surface area contributed by atoms with E-state index in [0.717, 1.165) is 42.8 Å². The third kappa shape index (κ3) is 3.89. The first-order chi connectivity index (χ1) is 11.1. The van der Waals surface area contributed by atoms with Gasteiger partial charge in [0.2, 0.25) is 0 Å². The molecule has 1 aliphatic carbocycles. The minimum absolute atomic E-state index is 0.0100. The van der Waals surface area contributed by atoms with E-state index in [2.05, 4.69) is 15.6 Å². The molecule has 1 aromatic heterocycles. The number of carboxylic acid groups (broad SMARTS) is 1. The second-order valence-electron chi connectivity index (χ2n) is 5.86. The summed E-state index contributed by atoms with van der Waals surface area (Å²) in [5, 5.41) is 21.0. The molecule has 0 spiro atoms. The maximum Gasteiger partial charge on any atom is 0.358 e. The van der Waals surface area contributed by atoms with E-state index in [0.29, 0.717) is 0 Å². The minimum atomic E-state index is -1.05. The average Bonchev–Trinajstić information content (AvgIpc) is 3.03. The Kier molecular flexibility index (Phi) is 4.93. The highest BCUT2D eigenvalue weighted by Crippen LogP contribution is 2.28. The second-order valence-corrected chi connectivity index (χ2v) is 6.29. The molecule has 2 atom stereocenters. The minimum Gasteiger partial charge on any atom is -0.476 e. The number of hydrogen-bond donors (Lipinski definition) is 2. The highest BCUT2D eigenvalue weighted by Gasteiger charge is 2.27. The van der Waals surface area contributed by atoms with Crippen LogP contribution >= 0.6 is 11.6 Å². The second kappa shape index (κ2) is 7.10. The summed E-state index contributed by atoms with van der Waals surface area (Å²) >= 11 is 6.02. The molecule has 7 heteroatoms. The molecule has 23 heavy (non-hydrogen) atoms. The molecule has 0 bridgehead atoms. The van der Waals surface area contributed by atoms with Crippen LogP contribution in [0, 0.1) is 0 Å². The summed E-state index contributed by atoms with van der Waals surface area (Å²) in [6.45, 7) is 0.724. The van der Waals surface area contributed by atoms with Gasteiger partial charge in [0.05, 0.1) is 12.2 Å². The van der Waals surface area contributed by atoms with Gasteiger partial charge in [0.15, 0.2) is 5.69 Å². The molecule has 3 rings (SSSR count). The van der Waals surface area contributed by atoms with Crippen LogP contribution in [-0.2, 0) is 6.54 Å². The summed E-state index contributed by atoms with van der Waals surface area (Å²) in [4.78, 5) is 11.0. The summed E-state index contributed by atoms with van der Waals surface area (Å²) in [7, 11) is 0. The number of aromatic nitrogens is 3. The van der Waals surface area contributed by atoms with Gasteiger partial charge in [0.1, 0.15) is 0 Å². The van der Waals surface area contributed by atoms with Gasteiger partial charge < -0.3 is 10.4 Å². The lowest BCUT2D eigenvalue weighted by Crippen LogP contribution is -2.39. The van der Waals surface area contributed by atoms with Crippen LogP contribution in [0.25, 0.3) is 0 Å². The largest absolute Gasteiger partial charge is 0.476 e. The molecular formula is C16H19ClN4O2. The van der Waals surface area contributed by atoms with E-state index in [9.17, 15) is 4.79 Å². The third-order valence-corrected chi connectivity index (χ3v) is 4.49. The molecule has 1 fully saturated rings. The SMILES string of the molecule is O=C(O)c1cn([C@@H]2CCCC[C@@H]2NCc2cccc(Cl)c2)nn1. The topological polar surface area (TPSA) is 80.0 Å². The predicted molar refractivity (Wildman–Crippen MR) is 86.6 cm³/mol. The lowest BCUT2D eigenvalue weighted by molar-refractivity contribution is 0.0690. The Hall–Kier alpha value is -1.92. The highest BCUT2D eigenvalue weighted by molar-refractivity contribution is 6.30. The van der Waals surface area contributed by atoms with Crippen molar-refractivity contribution in [3.8, 4) is 0 Å². The van der Waals surface area contributed by atoms with Crippen molar-refractivity contribution in [2.24, 2.45) is 0 Å². The van der Waals surface area contributed by atoms with E-state index in [1.165, 1.54) is 6.20 Å². The van der Waals surface area contributed by atoms with Crippen molar-refractivity contribution in [2.45, 2.75) is 44.3 Å². The third-order valence-electron chi connectivity index (χ3n) is 4.26. The van der Waals surface area contributed by atoms with Crippen LogP contribution in [0.4, 0.5) is 0 Å². The van der Waals surface area contributed by atoms with Crippen molar-refractivity contribution in [1.82, 2.24) is 20.3 Å². The molecule has 122 valence electrons. The number of aromatic carboxylic acids is 1. The predicted octanol–water partition coefficient (Wildman–Crippen LogP) is 2.90. The van der Waals surface area contributed by atoms with Gasteiger partial charge >= 0.3 is 5.97 Å². The van der Waals surface area contributed by atoms with Gasteiger partial charge in [0.25, 0.3) is 0 Å². The molecule has 6 nitrogen and oxygen atoms in total. The van der Waals surface area contributed by atoms with Gasteiger partial charge in [-0.05, 0) is 30.5 Å². The molecule has 0 amide bonds. The number of nitrogens with zero attached hydrogens (tertiary/aromatic N) is 3. The number of nitrogens with one attached hydrogen (secondary N) is 1. The normalized spacial score (nSPS) is 21.3. The van der Waals surface area contributed by atoms with Crippen molar-refractivity contribution in [3.63, 3.8) is 0 Å². The first-order valence-corrected chi connectivity index (χ1v) is 8.14. The molecule has 1 aromatic carbocycles. The molecule has 2 aromatic rings. The first-order valence-electron chi connectivity index (χ1n) is 7.76. The fourth-order valence-corrected chi connectivity index (χ4v) is 3.31. The van der Waals surface area contributed by atoms with Gasteiger partial charge in [-0.2, -0.15) is 0 Å². The maximum absolute atomic E-state index is 11.0. The Balaban J connectivity index is 1.69. The van der Waals surface area contributed by atoms with Gasteiger partial charge in [0, 0.05) is 17.6 Å². The molecule has 1 aliphatic rings. The van der Waals surface area contributed by atoms with Gasteiger partial charge in [-0.25, -0.2) is 9.48 Å². The number of hydrogen-bond acceptors (Lipinski definition) is 4. The van der Waals surface area contributed by atoms with Crippen LogP contribution in [0.5, 0.6) is 0 Å². The van der Waals surface area contributed by atoms with E-state index in [4.69, 9.17) is 16.7 Å². The van der Waals surface area contributed by atoms with Gasteiger partial charge in [-0.3, -0.25) is 0 Å². The molecule has 0 aliphatic heterocycles. The highest BCUT2D eigenvalue weighted by atomic mass is 35.5. The fraction of sp³-hybridized carbons (Fsp3) is 0.438. The van der Waals surface area contributed by atoms with Crippen LogP contribution < -0.4 is 5.32 Å². The zero-order valence-corrected chi connectivity index (χ0v) is 13.4. The number of carbonyl (C=O) groups is 1. The number of rotatable bonds is 5. The average molecular weight is 335 g/mol. The van der Waals surface area contributed by atoms with Crippen LogP contribution in [0.1, 0.15) is 47.8 Å². The lowest BCUT2D eigenvalue weighted by Gasteiger charge is -2.32. The Bertz CT molecular complexity index is 688. The van der Waals surface area contributed by atoms with Crippen LogP contribution in [0.2, 0.25) is 5.02 Å². The number of benzene rings is 1. The molecule has 1 saturated carbocycles. The molecular weight excluding hydrogens is 316 g/mol. The van der Waals surface area contributed by atoms with E-state index < -0.39 is 5.97 Å². The quantitative estimate of drug-likeness (QED) is 0.878. The fourth-order valence-electron chi connectivity index (χ4n) is 3.10. The Labute approximate surface area is 139 Å². The zero-order chi connectivity index (χ0) is 16.2. The van der Waals surface area contributed by atoms with Gasteiger partial charge in [-0.1, -0.05) is 41.8 Å². The van der Waals surface area contributed by atoms with Crippen LogP contribution in [0.3, 0.4) is 0 Å². The number of carboxylic acids is 1. The smallest absolute Gasteiger partial charge is 0.358 e. The zero-order valence-electron chi connectivity index (χ0n) is 12.7. The van der Waals surface area contributed by atoms with Crippen molar-refractivity contribution >= 4 is 17.6 Å². The molecule has 2 N–H and O–H groups in total. The van der Waals surface area contributed by atoms with Crippen molar-refractivity contribution in [2.75, 3.05) is 0 Å². The van der Waals surface area contributed by atoms with Crippen molar-refractivity contribution in [1.29, 1.82) is 0 Å². The standard InChI is InChI=1S/C16H19ClN4O2/c17-12-5-3-4-11(8-12)9-18-13-6-1-2-7-15(13)21-10-14(16(22)23)19-20-21/h3-5,8,10,13,15,18H,1-2,6-7,9H2,(H,22,23)/t13-,15+/m0/s1. The van der Waals surface area contributed by atoms with E-state index in [1.807, 2.05) is 24.3 Å². The van der Waals surface area contributed by atoms with Crippen LogP contribution in [0.15, 0.2) is 30.5 Å². The van der Waals surface area contributed by atoms with E-state index in [-0.39, 0.29) is 17.8 Å².